The van der Waals surface area contributed by atoms with E-state index >= 15 is 0 Å². The van der Waals surface area contributed by atoms with Crippen LogP contribution in [0.3, 0.4) is 0 Å². The lowest BCUT2D eigenvalue weighted by atomic mass is 10.1. The molecule has 0 aliphatic rings. The van der Waals surface area contributed by atoms with Crippen molar-refractivity contribution in [3.05, 3.63) is 64.0 Å². The van der Waals surface area contributed by atoms with Crippen LogP contribution in [0.25, 0.3) is 0 Å². The van der Waals surface area contributed by atoms with Gasteiger partial charge in [0, 0.05) is 12.1 Å². The molecule has 0 amide bonds. The van der Waals surface area contributed by atoms with E-state index in [9.17, 15) is 4.39 Å². The molecule has 0 aromatic heterocycles. The van der Waals surface area contributed by atoms with E-state index in [-0.39, 0.29) is 12.2 Å². The monoisotopic (exact) mass is 284 g/mol. The van der Waals surface area contributed by atoms with Gasteiger partial charge < -0.3 is 10.5 Å². The summed E-state index contributed by atoms with van der Waals surface area (Å²) in [6.45, 7) is 4.43. The van der Waals surface area contributed by atoms with Crippen LogP contribution in [0.2, 0.25) is 0 Å². The summed E-state index contributed by atoms with van der Waals surface area (Å²) in [6, 6.07) is 10.5. The zero-order valence-electron chi connectivity index (χ0n) is 12.1. The lowest BCUT2D eigenvalue weighted by molar-refractivity contribution is 0.295. The van der Waals surface area contributed by atoms with E-state index in [0.717, 1.165) is 22.4 Å². The first-order valence-electron chi connectivity index (χ1n) is 6.67. The van der Waals surface area contributed by atoms with Crippen molar-refractivity contribution in [1.29, 1.82) is 5.26 Å². The number of aryl methyl sites for hydroxylation is 2. The quantitative estimate of drug-likeness (QED) is 0.936. The second kappa shape index (κ2) is 6.38. The maximum atomic E-state index is 14.0. The number of nitrogens with two attached hydrogens (primary N) is 1. The van der Waals surface area contributed by atoms with Crippen LogP contribution in [0, 0.1) is 31.0 Å². The molecule has 0 saturated heterocycles. The molecule has 0 aliphatic heterocycles. The highest BCUT2D eigenvalue weighted by Gasteiger charge is 2.10. The second-order valence-electron chi connectivity index (χ2n) is 4.94. The maximum Gasteiger partial charge on any atom is 0.147 e. The zero-order valence-corrected chi connectivity index (χ0v) is 12.1. The molecular formula is C17H17FN2O. The third kappa shape index (κ3) is 3.21. The summed E-state index contributed by atoms with van der Waals surface area (Å²) in [7, 11) is 0. The molecular weight excluding hydrogens is 267 g/mol. The van der Waals surface area contributed by atoms with Crippen LogP contribution in [-0.4, -0.2) is 0 Å². The Bertz CT molecular complexity index is 681. The van der Waals surface area contributed by atoms with Gasteiger partial charge in [-0.05, 0) is 36.6 Å². The normalized spacial score (nSPS) is 10.2. The highest BCUT2D eigenvalue weighted by molar-refractivity contribution is 5.43. The summed E-state index contributed by atoms with van der Waals surface area (Å²) in [6.07, 6.45) is 0. The molecule has 2 N–H and O–H groups in total. The number of halogens is 1. The highest BCUT2D eigenvalue weighted by atomic mass is 19.1. The Hall–Kier alpha value is -2.38. The molecule has 2 aromatic rings. The standard InChI is InChI=1S/C17H17FN2O/c1-11-6-13(8-19)7-12(2)17(11)21-10-15-5-3-4-14(9-20)16(15)18/h3-7H,8,10,19H2,1-2H3. The topological polar surface area (TPSA) is 59.0 Å². The first kappa shape index (κ1) is 15.0. The van der Waals surface area contributed by atoms with Crippen molar-refractivity contribution < 1.29 is 9.13 Å². The molecule has 108 valence electrons. The Morgan fingerprint density at radius 1 is 1.24 bits per heavy atom. The third-order valence-corrected chi connectivity index (χ3v) is 3.33. The van der Waals surface area contributed by atoms with Crippen molar-refractivity contribution in [1.82, 2.24) is 0 Å². The SMILES string of the molecule is Cc1cc(CN)cc(C)c1OCc1cccc(C#N)c1F. The first-order valence-corrected chi connectivity index (χ1v) is 6.67. The van der Waals surface area contributed by atoms with Gasteiger partial charge in [0.25, 0.3) is 0 Å². The van der Waals surface area contributed by atoms with Crippen molar-refractivity contribution >= 4 is 0 Å². The van der Waals surface area contributed by atoms with E-state index in [1.54, 1.807) is 12.1 Å². The van der Waals surface area contributed by atoms with Crippen LogP contribution in [0.1, 0.15) is 27.8 Å². The molecule has 0 heterocycles. The van der Waals surface area contributed by atoms with E-state index in [2.05, 4.69) is 0 Å². The Morgan fingerprint density at radius 3 is 2.48 bits per heavy atom. The Labute approximate surface area is 123 Å². The van der Waals surface area contributed by atoms with Crippen LogP contribution in [0.5, 0.6) is 5.75 Å². The molecule has 0 radical (unpaired) electrons. The average molecular weight is 284 g/mol. The van der Waals surface area contributed by atoms with E-state index in [0.29, 0.717) is 12.1 Å². The number of benzene rings is 2. The largest absolute Gasteiger partial charge is 0.488 e. The van der Waals surface area contributed by atoms with Gasteiger partial charge in [-0.25, -0.2) is 4.39 Å². The van der Waals surface area contributed by atoms with Gasteiger partial charge in [0.05, 0.1) is 5.56 Å². The molecule has 0 spiro atoms. The van der Waals surface area contributed by atoms with E-state index < -0.39 is 5.82 Å². The lowest BCUT2D eigenvalue weighted by Crippen LogP contribution is -2.04. The maximum absolute atomic E-state index is 14.0. The van der Waals surface area contributed by atoms with Crippen molar-refractivity contribution in [2.24, 2.45) is 5.73 Å². The van der Waals surface area contributed by atoms with Crippen LogP contribution < -0.4 is 10.5 Å². The molecule has 2 rings (SSSR count). The molecule has 4 heteroatoms. The highest BCUT2D eigenvalue weighted by Crippen LogP contribution is 2.26. The molecule has 0 bridgehead atoms. The number of nitrogens with zero attached hydrogens (tertiary/aromatic N) is 1. The summed E-state index contributed by atoms with van der Waals surface area (Å²) in [5.41, 5.74) is 9.00. The molecule has 0 atom stereocenters. The lowest BCUT2D eigenvalue weighted by Gasteiger charge is -2.14. The molecule has 3 nitrogen and oxygen atoms in total. The third-order valence-electron chi connectivity index (χ3n) is 3.33. The predicted molar refractivity (Wildman–Crippen MR) is 79.3 cm³/mol. The molecule has 0 aliphatic carbocycles. The fourth-order valence-electron chi connectivity index (χ4n) is 2.31. The summed E-state index contributed by atoms with van der Waals surface area (Å²) < 4.78 is 19.7. The van der Waals surface area contributed by atoms with Gasteiger partial charge in [-0.3, -0.25) is 0 Å². The van der Waals surface area contributed by atoms with Crippen molar-refractivity contribution in [2.75, 3.05) is 0 Å². The van der Waals surface area contributed by atoms with Crippen molar-refractivity contribution in [3.8, 4) is 11.8 Å². The fourth-order valence-corrected chi connectivity index (χ4v) is 2.31. The van der Waals surface area contributed by atoms with Crippen molar-refractivity contribution in [3.63, 3.8) is 0 Å². The minimum absolute atomic E-state index is 0.0306. The van der Waals surface area contributed by atoms with Crippen LogP contribution in [-0.2, 0) is 13.2 Å². The number of nitriles is 1. The van der Waals surface area contributed by atoms with E-state index in [1.165, 1.54) is 6.07 Å². The average Bonchev–Trinajstić information content (AvgIpc) is 2.47. The van der Waals surface area contributed by atoms with Crippen LogP contribution >= 0.6 is 0 Å². The van der Waals surface area contributed by atoms with Gasteiger partial charge in [0.15, 0.2) is 0 Å². The molecule has 21 heavy (non-hydrogen) atoms. The van der Waals surface area contributed by atoms with Gasteiger partial charge in [0.1, 0.15) is 24.2 Å². The number of ether oxygens (including phenoxy) is 1. The molecule has 0 fully saturated rings. The van der Waals surface area contributed by atoms with Gasteiger partial charge in [0.2, 0.25) is 0 Å². The minimum atomic E-state index is -0.520. The molecule has 0 unspecified atom stereocenters. The van der Waals surface area contributed by atoms with Crippen LogP contribution in [0.15, 0.2) is 30.3 Å². The summed E-state index contributed by atoms with van der Waals surface area (Å²) in [5, 5.41) is 8.83. The Balaban J connectivity index is 2.23. The van der Waals surface area contributed by atoms with Gasteiger partial charge in [-0.15, -0.1) is 0 Å². The fraction of sp³-hybridized carbons (Fsp3) is 0.235. The van der Waals surface area contributed by atoms with Gasteiger partial charge >= 0.3 is 0 Å². The zero-order chi connectivity index (χ0) is 15.4. The molecule has 2 aromatic carbocycles. The number of hydrogen-bond donors (Lipinski definition) is 1. The predicted octanol–water partition coefficient (Wildman–Crippen LogP) is 3.35. The second-order valence-corrected chi connectivity index (χ2v) is 4.94. The van der Waals surface area contributed by atoms with Crippen LogP contribution in [0.4, 0.5) is 4.39 Å². The molecule has 0 saturated carbocycles. The van der Waals surface area contributed by atoms with Gasteiger partial charge in [-0.1, -0.05) is 24.3 Å². The number of rotatable bonds is 4. The summed E-state index contributed by atoms with van der Waals surface area (Å²) in [5.74, 6) is 0.211. The van der Waals surface area contributed by atoms with E-state index in [4.69, 9.17) is 15.7 Å². The van der Waals surface area contributed by atoms with Gasteiger partial charge in [-0.2, -0.15) is 5.26 Å². The minimum Gasteiger partial charge on any atom is -0.488 e. The summed E-state index contributed by atoms with van der Waals surface area (Å²) in [4.78, 5) is 0. The smallest absolute Gasteiger partial charge is 0.147 e. The Morgan fingerprint density at radius 2 is 1.90 bits per heavy atom. The van der Waals surface area contributed by atoms with Crippen molar-refractivity contribution in [2.45, 2.75) is 27.0 Å². The van der Waals surface area contributed by atoms with E-state index in [1.807, 2.05) is 32.0 Å². The summed E-state index contributed by atoms with van der Waals surface area (Å²) >= 11 is 0. The number of hydrogen-bond acceptors (Lipinski definition) is 3. The Kier molecular flexibility index (Phi) is 4.56. The first-order chi connectivity index (χ1) is 10.1.